The predicted molar refractivity (Wildman–Crippen MR) is 115 cm³/mol. The Hall–Kier alpha value is -2.26. The number of piperazine rings is 1. The van der Waals surface area contributed by atoms with E-state index in [1.807, 2.05) is 17.0 Å². The van der Waals surface area contributed by atoms with E-state index in [4.69, 9.17) is 23.2 Å². The summed E-state index contributed by atoms with van der Waals surface area (Å²) in [5.74, 6) is 0.184. The van der Waals surface area contributed by atoms with Crippen LogP contribution in [0.5, 0.6) is 0 Å². The van der Waals surface area contributed by atoms with Crippen molar-refractivity contribution in [3.05, 3.63) is 70.5 Å². The number of aromatic nitrogens is 2. The maximum atomic E-state index is 13.1. The second kappa shape index (κ2) is 8.47. The molecule has 4 rings (SSSR count). The Morgan fingerprint density at radius 2 is 1.57 bits per heavy atom. The lowest BCUT2D eigenvalue weighted by molar-refractivity contribution is 0.383. The van der Waals surface area contributed by atoms with Crippen LogP contribution in [-0.2, 0) is 10.0 Å². The Morgan fingerprint density at radius 1 is 0.867 bits per heavy atom. The molecule has 3 aromatic rings. The Kier molecular flexibility index (Phi) is 5.92. The molecule has 0 bridgehead atoms. The minimum atomic E-state index is -3.66. The van der Waals surface area contributed by atoms with Gasteiger partial charge in [0.15, 0.2) is 5.82 Å². The molecule has 30 heavy (non-hydrogen) atoms. The molecule has 0 aliphatic carbocycles. The summed E-state index contributed by atoms with van der Waals surface area (Å²) in [6.45, 7) is 1.53. The summed E-state index contributed by atoms with van der Waals surface area (Å²) < 4.78 is 40.0. The standard InChI is InChI=1S/C20H17Cl2FN4O2S/c21-14-1-6-17(18(22)13-14)19-7-8-20(25-24-19)26-9-11-27(12-10-26)30(28,29)16-4-2-15(23)3-5-16/h1-8,13H,9-12H2. The molecular weight excluding hydrogens is 450 g/mol. The van der Waals surface area contributed by atoms with Gasteiger partial charge in [-0.25, -0.2) is 12.8 Å². The summed E-state index contributed by atoms with van der Waals surface area (Å²) in [5, 5.41) is 9.56. The predicted octanol–water partition coefficient (Wildman–Crippen LogP) is 4.10. The summed E-state index contributed by atoms with van der Waals surface area (Å²) in [6, 6.07) is 13.7. The van der Waals surface area contributed by atoms with Gasteiger partial charge in [-0.2, -0.15) is 4.31 Å². The second-order valence-corrected chi connectivity index (χ2v) is 9.53. The fourth-order valence-electron chi connectivity index (χ4n) is 3.25. The van der Waals surface area contributed by atoms with Gasteiger partial charge in [-0.3, -0.25) is 0 Å². The van der Waals surface area contributed by atoms with Crippen LogP contribution in [0.15, 0.2) is 59.5 Å². The van der Waals surface area contributed by atoms with E-state index in [9.17, 15) is 12.8 Å². The molecule has 0 N–H and O–H groups in total. The van der Waals surface area contributed by atoms with Crippen molar-refractivity contribution in [2.24, 2.45) is 0 Å². The number of hydrogen-bond acceptors (Lipinski definition) is 5. The third kappa shape index (κ3) is 4.27. The van der Waals surface area contributed by atoms with Crippen LogP contribution in [0.3, 0.4) is 0 Å². The average molecular weight is 467 g/mol. The molecule has 0 saturated carbocycles. The van der Waals surface area contributed by atoms with Gasteiger partial charge in [0, 0.05) is 36.8 Å². The van der Waals surface area contributed by atoms with Crippen LogP contribution in [0.1, 0.15) is 0 Å². The van der Waals surface area contributed by atoms with E-state index < -0.39 is 15.8 Å². The van der Waals surface area contributed by atoms with Crippen molar-refractivity contribution in [1.82, 2.24) is 14.5 Å². The van der Waals surface area contributed by atoms with Crippen molar-refractivity contribution in [3.8, 4) is 11.3 Å². The largest absolute Gasteiger partial charge is 0.352 e. The number of nitrogens with zero attached hydrogens (tertiary/aromatic N) is 4. The van der Waals surface area contributed by atoms with Gasteiger partial charge in [0.25, 0.3) is 0 Å². The first-order valence-electron chi connectivity index (χ1n) is 9.14. The van der Waals surface area contributed by atoms with Gasteiger partial charge in [-0.15, -0.1) is 10.2 Å². The Morgan fingerprint density at radius 3 is 2.17 bits per heavy atom. The zero-order chi connectivity index (χ0) is 21.3. The average Bonchev–Trinajstić information content (AvgIpc) is 2.74. The second-order valence-electron chi connectivity index (χ2n) is 6.75. The molecule has 2 heterocycles. The highest BCUT2D eigenvalue weighted by molar-refractivity contribution is 7.89. The van der Waals surface area contributed by atoms with Crippen LogP contribution in [-0.4, -0.2) is 49.1 Å². The van der Waals surface area contributed by atoms with Crippen LogP contribution in [0.4, 0.5) is 10.2 Å². The fraction of sp³-hybridized carbons (Fsp3) is 0.200. The maximum Gasteiger partial charge on any atom is 0.243 e. The molecule has 0 radical (unpaired) electrons. The van der Waals surface area contributed by atoms with Crippen molar-refractivity contribution >= 4 is 39.0 Å². The fourth-order valence-corrected chi connectivity index (χ4v) is 5.18. The zero-order valence-corrected chi connectivity index (χ0v) is 18.0. The zero-order valence-electron chi connectivity index (χ0n) is 15.7. The third-order valence-electron chi connectivity index (χ3n) is 4.87. The topological polar surface area (TPSA) is 66.4 Å². The number of anilines is 1. The summed E-state index contributed by atoms with van der Waals surface area (Å²) in [4.78, 5) is 2.05. The molecule has 0 amide bonds. The lowest BCUT2D eigenvalue weighted by Gasteiger charge is -2.34. The SMILES string of the molecule is O=S(=O)(c1ccc(F)cc1)N1CCN(c2ccc(-c3ccc(Cl)cc3Cl)nn2)CC1. The van der Waals surface area contributed by atoms with E-state index in [1.165, 1.54) is 16.4 Å². The lowest BCUT2D eigenvalue weighted by Crippen LogP contribution is -2.49. The third-order valence-corrected chi connectivity index (χ3v) is 7.33. The molecule has 10 heteroatoms. The molecule has 1 saturated heterocycles. The molecule has 0 unspecified atom stereocenters. The maximum absolute atomic E-state index is 13.1. The first kappa shape index (κ1) is 21.0. The van der Waals surface area contributed by atoms with E-state index in [0.717, 1.165) is 17.7 Å². The summed E-state index contributed by atoms with van der Waals surface area (Å²) in [6.07, 6.45) is 0. The number of hydrogen-bond donors (Lipinski definition) is 0. The number of benzene rings is 2. The van der Waals surface area contributed by atoms with Gasteiger partial charge in [0.2, 0.25) is 10.0 Å². The van der Waals surface area contributed by atoms with Crippen molar-refractivity contribution in [1.29, 1.82) is 0 Å². The van der Waals surface area contributed by atoms with Crippen LogP contribution < -0.4 is 4.90 Å². The first-order chi connectivity index (χ1) is 14.3. The molecule has 1 aliphatic rings. The molecule has 0 spiro atoms. The molecule has 6 nitrogen and oxygen atoms in total. The van der Waals surface area contributed by atoms with Crippen molar-refractivity contribution in [3.63, 3.8) is 0 Å². The molecule has 0 atom stereocenters. The summed E-state index contributed by atoms with van der Waals surface area (Å²) in [5.41, 5.74) is 1.35. The lowest BCUT2D eigenvalue weighted by atomic mass is 10.1. The number of rotatable bonds is 4. The van der Waals surface area contributed by atoms with Gasteiger partial charge in [0.05, 0.1) is 15.6 Å². The Balaban J connectivity index is 1.44. The first-order valence-corrected chi connectivity index (χ1v) is 11.3. The number of halogens is 3. The van der Waals surface area contributed by atoms with E-state index in [0.29, 0.717) is 47.7 Å². The van der Waals surface area contributed by atoms with E-state index in [2.05, 4.69) is 10.2 Å². The normalized spacial score (nSPS) is 15.4. The molecule has 1 aromatic heterocycles. The molecule has 1 aliphatic heterocycles. The van der Waals surface area contributed by atoms with Gasteiger partial charge in [-0.1, -0.05) is 23.2 Å². The molecule has 1 fully saturated rings. The van der Waals surface area contributed by atoms with Gasteiger partial charge in [0.1, 0.15) is 5.82 Å². The van der Waals surface area contributed by atoms with Crippen molar-refractivity contribution in [2.75, 3.05) is 31.1 Å². The molecule has 156 valence electrons. The van der Waals surface area contributed by atoms with Crippen LogP contribution in [0, 0.1) is 5.82 Å². The highest BCUT2D eigenvalue weighted by atomic mass is 35.5. The van der Waals surface area contributed by atoms with E-state index in [1.54, 1.807) is 18.2 Å². The minimum Gasteiger partial charge on any atom is -0.352 e. The monoisotopic (exact) mass is 466 g/mol. The highest BCUT2D eigenvalue weighted by Crippen LogP contribution is 2.29. The summed E-state index contributed by atoms with van der Waals surface area (Å²) >= 11 is 12.2. The van der Waals surface area contributed by atoms with Gasteiger partial charge >= 0.3 is 0 Å². The Bertz CT molecular complexity index is 1150. The highest BCUT2D eigenvalue weighted by Gasteiger charge is 2.29. The molecular formula is C20H17Cl2FN4O2S. The minimum absolute atomic E-state index is 0.0846. The van der Waals surface area contributed by atoms with Gasteiger partial charge in [-0.05, 0) is 54.6 Å². The van der Waals surface area contributed by atoms with E-state index in [-0.39, 0.29) is 4.90 Å². The van der Waals surface area contributed by atoms with Crippen LogP contribution in [0.2, 0.25) is 10.0 Å². The van der Waals surface area contributed by atoms with Crippen molar-refractivity contribution in [2.45, 2.75) is 4.90 Å². The Labute approximate surface area is 183 Å². The van der Waals surface area contributed by atoms with Crippen LogP contribution in [0.25, 0.3) is 11.3 Å². The van der Waals surface area contributed by atoms with E-state index >= 15 is 0 Å². The van der Waals surface area contributed by atoms with Crippen LogP contribution >= 0.6 is 23.2 Å². The number of sulfonamides is 1. The summed E-state index contributed by atoms with van der Waals surface area (Å²) in [7, 11) is -3.66. The smallest absolute Gasteiger partial charge is 0.243 e. The quantitative estimate of drug-likeness (QED) is 0.578. The van der Waals surface area contributed by atoms with Gasteiger partial charge < -0.3 is 4.90 Å². The van der Waals surface area contributed by atoms with Crippen molar-refractivity contribution < 1.29 is 12.8 Å². The molecule has 2 aromatic carbocycles.